The molecule has 1 heterocycles. The van der Waals surface area contributed by atoms with Gasteiger partial charge < -0.3 is 10.2 Å². The molecule has 1 N–H and O–H groups in total. The molecule has 0 aromatic carbocycles. The molecule has 1 aromatic heterocycles. The minimum absolute atomic E-state index is 0.0591. The quantitative estimate of drug-likeness (QED) is 0.924. The summed E-state index contributed by atoms with van der Waals surface area (Å²) in [5, 5.41) is 4.59. The number of hydrogen-bond acceptors (Lipinski definition) is 3. The third-order valence-corrected chi connectivity index (χ3v) is 3.56. The Hall–Kier alpha value is -0.880. The van der Waals surface area contributed by atoms with E-state index in [9.17, 15) is 9.59 Å². The van der Waals surface area contributed by atoms with E-state index in [1.54, 1.807) is 18.5 Å². The lowest BCUT2D eigenvalue weighted by atomic mass is 10.1. The predicted molar refractivity (Wildman–Crippen MR) is 76.9 cm³/mol. The van der Waals surface area contributed by atoms with Crippen LogP contribution in [0.25, 0.3) is 0 Å². The zero-order chi connectivity index (χ0) is 13.9. The Morgan fingerprint density at radius 1 is 1.44 bits per heavy atom. The number of rotatable bonds is 3. The number of nitrogens with zero attached hydrogens (tertiary/aromatic N) is 1. The molecule has 0 spiro atoms. The zero-order valence-corrected chi connectivity index (χ0v) is 13.3. The number of carbonyl (C=O) groups is 2. The molecule has 100 valence electrons. The lowest BCUT2D eigenvalue weighted by Crippen LogP contribution is -2.46. The van der Waals surface area contributed by atoms with Crippen LogP contribution in [0.4, 0.5) is 0 Å². The summed E-state index contributed by atoms with van der Waals surface area (Å²) in [5.74, 6) is -0.311. The fraction of sp³-hybridized carbons (Fsp3) is 0.500. The van der Waals surface area contributed by atoms with Crippen molar-refractivity contribution in [2.75, 3.05) is 13.6 Å². The van der Waals surface area contributed by atoms with Crippen LogP contribution >= 0.6 is 27.3 Å². The van der Waals surface area contributed by atoms with Gasteiger partial charge in [0.25, 0.3) is 5.91 Å². The second-order valence-electron chi connectivity index (χ2n) is 5.10. The molecule has 0 aliphatic rings. The van der Waals surface area contributed by atoms with Gasteiger partial charge in [0, 0.05) is 18.0 Å². The summed E-state index contributed by atoms with van der Waals surface area (Å²) in [6.45, 7) is 5.78. The molecular weight excluding hydrogens is 316 g/mol. The highest BCUT2D eigenvalue weighted by Crippen LogP contribution is 2.21. The summed E-state index contributed by atoms with van der Waals surface area (Å²) >= 11 is 4.76. The highest BCUT2D eigenvalue weighted by molar-refractivity contribution is 9.11. The van der Waals surface area contributed by atoms with E-state index in [-0.39, 0.29) is 23.9 Å². The SMILES string of the molecule is CN(CC(=O)NC(C)(C)C)C(=O)c1csc(Br)c1. The van der Waals surface area contributed by atoms with Gasteiger partial charge in [0.05, 0.1) is 15.9 Å². The summed E-state index contributed by atoms with van der Waals surface area (Å²) < 4.78 is 0.901. The Labute approximate surface area is 119 Å². The van der Waals surface area contributed by atoms with E-state index in [1.165, 1.54) is 16.2 Å². The lowest BCUT2D eigenvalue weighted by molar-refractivity contribution is -0.122. The average molecular weight is 333 g/mol. The molecule has 1 aromatic rings. The zero-order valence-electron chi connectivity index (χ0n) is 10.9. The predicted octanol–water partition coefficient (Wildman–Crippen LogP) is 2.50. The van der Waals surface area contributed by atoms with Crippen molar-refractivity contribution >= 4 is 39.1 Å². The van der Waals surface area contributed by atoms with Crippen LogP contribution in [0.15, 0.2) is 15.2 Å². The Balaban J connectivity index is 2.58. The summed E-state index contributed by atoms with van der Waals surface area (Å²) in [7, 11) is 1.62. The van der Waals surface area contributed by atoms with Crippen molar-refractivity contribution in [2.24, 2.45) is 0 Å². The smallest absolute Gasteiger partial charge is 0.254 e. The van der Waals surface area contributed by atoms with Crippen LogP contribution in [0.2, 0.25) is 0 Å². The standard InChI is InChI=1S/C12H17BrN2O2S/c1-12(2,3)14-10(16)6-15(4)11(17)8-5-9(13)18-7-8/h5,7H,6H2,1-4H3,(H,14,16). The molecule has 6 heteroatoms. The van der Waals surface area contributed by atoms with E-state index in [1.807, 2.05) is 20.8 Å². The van der Waals surface area contributed by atoms with E-state index in [0.717, 1.165) is 3.79 Å². The molecule has 18 heavy (non-hydrogen) atoms. The van der Waals surface area contributed by atoms with Gasteiger partial charge in [-0.25, -0.2) is 0 Å². The molecule has 4 nitrogen and oxygen atoms in total. The van der Waals surface area contributed by atoms with Gasteiger partial charge in [0.1, 0.15) is 0 Å². The van der Waals surface area contributed by atoms with Crippen molar-refractivity contribution in [2.45, 2.75) is 26.3 Å². The monoisotopic (exact) mass is 332 g/mol. The van der Waals surface area contributed by atoms with Crippen molar-refractivity contribution in [3.05, 3.63) is 20.8 Å². The molecule has 0 aliphatic heterocycles. The van der Waals surface area contributed by atoms with Crippen molar-refractivity contribution in [3.63, 3.8) is 0 Å². The van der Waals surface area contributed by atoms with Crippen molar-refractivity contribution < 1.29 is 9.59 Å². The molecule has 0 saturated carbocycles. The van der Waals surface area contributed by atoms with Crippen molar-refractivity contribution in [3.8, 4) is 0 Å². The maximum absolute atomic E-state index is 12.0. The van der Waals surface area contributed by atoms with Gasteiger partial charge in [-0.05, 0) is 42.8 Å². The molecular formula is C12H17BrN2O2S. The number of halogens is 1. The van der Waals surface area contributed by atoms with E-state index in [4.69, 9.17) is 0 Å². The summed E-state index contributed by atoms with van der Waals surface area (Å²) in [6, 6.07) is 1.76. The maximum Gasteiger partial charge on any atom is 0.254 e. The number of likely N-dealkylation sites (N-methyl/N-ethyl adjacent to an activating group) is 1. The van der Waals surface area contributed by atoms with Gasteiger partial charge >= 0.3 is 0 Å². The second-order valence-corrected chi connectivity index (χ2v) is 7.39. The first kappa shape index (κ1) is 15.2. The summed E-state index contributed by atoms with van der Waals surface area (Å²) in [5.41, 5.74) is 0.310. The van der Waals surface area contributed by atoms with Crippen LogP contribution in [-0.2, 0) is 4.79 Å². The third kappa shape index (κ3) is 4.78. The third-order valence-electron chi connectivity index (χ3n) is 2.06. The van der Waals surface area contributed by atoms with Crippen molar-refractivity contribution in [1.29, 1.82) is 0 Å². The molecule has 0 unspecified atom stereocenters. The first-order valence-corrected chi connectivity index (χ1v) is 7.17. The topological polar surface area (TPSA) is 49.4 Å². The molecule has 0 fully saturated rings. The van der Waals surface area contributed by atoms with E-state index in [0.29, 0.717) is 5.56 Å². The lowest BCUT2D eigenvalue weighted by Gasteiger charge is -2.23. The number of thiophene rings is 1. The van der Waals surface area contributed by atoms with Gasteiger partial charge in [-0.2, -0.15) is 0 Å². The average Bonchev–Trinajstić information content (AvgIpc) is 2.60. The number of carbonyl (C=O) groups excluding carboxylic acids is 2. The van der Waals surface area contributed by atoms with E-state index >= 15 is 0 Å². The highest BCUT2D eigenvalue weighted by atomic mass is 79.9. The fourth-order valence-electron chi connectivity index (χ4n) is 1.39. The summed E-state index contributed by atoms with van der Waals surface area (Å²) in [6.07, 6.45) is 0. The minimum Gasteiger partial charge on any atom is -0.350 e. The Morgan fingerprint density at radius 2 is 2.06 bits per heavy atom. The minimum atomic E-state index is -0.285. The van der Waals surface area contributed by atoms with Gasteiger partial charge in [0.15, 0.2) is 0 Å². The molecule has 1 rings (SSSR count). The molecule has 0 radical (unpaired) electrons. The molecule has 0 atom stereocenters. The van der Waals surface area contributed by atoms with Crippen LogP contribution < -0.4 is 5.32 Å². The second kappa shape index (κ2) is 5.84. The number of amides is 2. The molecule has 0 saturated heterocycles. The molecule has 0 aliphatic carbocycles. The van der Waals surface area contributed by atoms with Gasteiger partial charge in [0.2, 0.25) is 5.91 Å². The Morgan fingerprint density at radius 3 is 2.50 bits per heavy atom. The van der Waals surface area contributed by atoms with E-state index in [2.05, 4.69) is 21.2 Å². The van der Waals surface area contributed by atoms with Gasteiger partial charge in [-0.3, -0.25) is 9.59 Å². The van der Waals surface area contributed by atoms with Crippen LogP contribution in [0.3, 0.4) is 0 Å². The Bertz CT molecular complexity index is 451. The Kier molecular flexibility index (Phi) is 4.92. The maximum atomic E-state index is 12.0. The van der Waals surface area contributed by atoms with Crippen LogP contribution in [0.1, 0.15) is 31.1 Å². The molecule has 0 bridgehead atoms. The number of hydrogen-bond donors (Lipinski definition) is 1. The fourth-order valence-corrected chi connectivity index (χ4v) is 2.52. The largest absolute Gasteiger partial charge is 0.350 e. The van der Waals surface area contributed by atoms with Gasteiger partial charge in [-0.1, -0.05) is 0 Å². The van der Waals surface area contributed by atoms with Crippen molar-refractivity contribution in [1.82, 2.24) is 10.2 Å². The first-order valence-electron chi connectivity index (χ1n) is 5.49. The van der Waals surface area contributed by atoms with Crippen LogP contribution in [0, 0.1) is 0 Å². The highest BCUT2D eigenvalue weighted by Gasteiger charge is 2.19. The summed E-state index contributed by atoms with van der Waals surface area (Å²) in [4.78, 5) is 25.1. The van der Waals surface area contributed by atoms with Crippen LogP contribution in [-0.4, -0.2) is 35.8 Å². The normalized spacial score (nSPS) is 11.2. The first-order chi connectivity index (χ1) is 8.19. The van der Waals surface area contributed by atoms with Crippen LogP contribution in [0.5, 0.6) is 0 Å². The molecule has 2 amide bonds. The van der Waals surface area contributed by atoms with E-state index < -0.39 is 0 Å². The number of nitrogens with one attached hydrogen (secondary N) is 1. The van der Waals surface area contributed by atoms with Gasteiger partial charge in [-0.15, -0.1) is 11.3 Å².